The van der Waals surface area contributed by atoms with Crippen molar-refractivity contribution in [3.05, 3.63) is 58.7 Å². The van der Waals surface area contributed by atoms with Crippen molar-refractivity contribution >= 4 is 23.4 Å². The summed E-state index contributed by atoms with van der Waals surface area (Å²) in [5, 5.41) is 1.52. The standard InChI is InChI=1S/C13H12ClNS/c1-10-5-2-3-6-11(10)9-16-13-8-4-7-12(14)15-13/h2-8H,9H2,1H3. The second kappa shape index (κ2) is 5.37. The Morgan fingerprint density at radius 3 is 2.69 bits per heavy atom. The van der Waals surface area contributed by atoms with Gasteiger partial charge in [0.1, 0.15) is 5.15 Å². The Morgan fingerprint density at radius 1 is 1.12 bits per heavy atom. The molecule has 0 aliphatic heterocycles. The molecule has 16 heavy (non-hydrogen) atoms. The van der Waals surface area contributed by atoms with Gasteiger partial charge in [-0.25, -0.2) is 4.98 Å². The molecule has 0 radical (unpaired) electrons. The van der Waals surface area contributed by atoms with Crippen molar-refractivity contribution in [3.8, 4) is 0 Å². The number of halogens is 1. The molecule has 0 saturated heterocycles. The Morgan fingerprint density at radius 2 is 1.94 bits per heavy atom. The van der Waals surface area contributed by atoms with E-state index in [0.717, 1.165) is 10.8 Å². The van der Waals surface area contributed by atoms with Gasteiger partial charge in [-0.3, -0.25) is 0 Å². The minimum Gasteiger partial charge on any atom is -0.230 e. The number of aryl methyl sites for hydroxylation is 1. The highest BCUT2D eigenvalue weighted by Crippen LogP contribution is 2.23. The number of thioether (sulfide) groups is 1. The highest BCUT2D eigenvalue weighted by Gasteiger charge is 2.00. The molecule has 0 saturated carbocycles. The smallest absolute Gasteiger partial charge is 0.130 e. The number of pyridine rings is 1. The average Bonchev–Trinajstić information content (AvgIpc) is 2.28. The third-order valence-electron chi connectivity index (χ3n) is 2.33. The van der Waals surface area contributed by atoms with E-state index in [0.29, 0.717) is 5.15 Å². The monoisotopic (exact) mass is 249 g/mol. The van der Waals surface area contributed by atoms with Gasteiger partial charge in [0.25, 0.3) is 0 Å². The molecular weight excluding hydrogens is 238 g/mol. The maximum Gasteiger partial charge on any atom is 0.130 e. The quantitative estimate of drug-likeness (QED) is 0.593. The zero-order chi connectivity index (χ0) is 11.4. The van der Waals surface area contributed by atoms with E-state index in [9.17, 15) is 0 Å². The van der Waals surface area contributed by atoms with Crippen molar-refractivity contribution in [2.24, 2.45) is 0 Å². The Labute approximate surface area is 105 Å². The molecule has 0 bridgehead atoms. The summed E-state index contributed by atoms with van der Waals surface area (Å²) < 4.78 is 0. The van der Waals surface area contributed by atoms with Gasteiger partial charge in [0.15, 0.2) is 0 Å². The first-order chi connectivity index (χ1) is 7.75. The van der Waals surface area contributed by atoms with Crippen molar-refractivity contribution in [1.82, 2.24) is 4.98 Å². The van der Waals surface area contributed by atoms with Crippen LogP contribution in [0, 0.1) is 6.92 Å². The summed E-state index contributed by atoms with van der Waals surface area (Å²) in [5.74, 6) is 0.931. The fourth-order valence-corrected chi connectivity index (χ4v) is 2.57. The summed E-state index contributed by atoms with van der Waals surface area (Å²) in [6.07, 6.45) is 0. The highest BCUT2D eigenvalue weighted by atomic mass is 35.5. The van der Waals surface area contributed by atoms with E-state index in [1.165, 1.54) is 11.1 Å². The van der Waals surface area contributed by atoms with E-state index in [4.69, 9.17) is 11.6 Å². The molecule has 1 aromatic heterocycles. The van der Waals surface area contributed by atoms with Crippen LogP contribution < -0.4 is 0 Å². The van der Waals surface area contributed by atoms with Gasteiger partial charge in [0.2, 0.25) is 0 Å². The summed E-state index contributed by atoms with van der Waals surface area (Å²) >= 11 is 7.54. The third kappa shape index (κ3) is 3.00. The van der Waals surface area contributed by atoms with Gasteiger partial charge >= 0.3 is 0 Å². The molecule has 1 aromatic carbocycles. The maximum absolute atomic E-state index is 5.83. The molecule has 0 spiro atoms. The van der Waals surface area contributed by atoms with Gasteiger partial charge < -0.3 is 0 Å². The fourth-order valence-electron chi connectivity index (χ4n) is 1.39. The molecule has 2 aromatic rings. The summed E-state index contributed by atoms with van der Waals surface area (Å²) in [5.41, 5.74) is 2.66. The highest BCUT2D eigenvalue weighted by molar-refractivity contribution is 7.98. The number of hydrogen-bond donors (Lipinski definition) is 0. The van der Waals surface area contributed by atoms with E-state index < -0.39 is 0 Å². The number of aromatic nitrogens is 1. The van der Waals surface area contributed by atoms with Gasteiger partial charge in [-0.1, -0.05) is 41.9 Å². The van der Waals surface area contributed by atoms with Crippen LogP contribution in [0.4, 0.5) is 0 Å². The van der Waals surface area contributed by atoms with Crippen LogP contribution >= 0.6 is 23.4 Å². The molecule has 0 fully saturated rings. The molecule has 0 amide bonds. The van der Waals surface area contributed by atoms with Crippen molar-refractivity contribution in [2.45, 2.75) is 17.7 Å². The Hall–Kier alpha value is -0.990. The molecule has 3 heteroatoms. The second-order valence-corrected chi connectivity index (χ2v) is 4.90. The Kier molecular flexibility index (Phi) is 3.86. The number of hydrogen-bond acceptors (Lipinski definition) is 2. The minimum atomic E-state index is 0.551. The van der Waals surface area contributed by atoms with Gasteiger partial charge in [-0.2, -0.15) is 0 Å². The van der Waals surface area contributed by atoms with E-state index in [1.54, 1.807) is 17.8 Å². The SMILES string of the molecule is Cc1ccccc1CSc1cccc(Cl)n1. The Balaban J connectivity index is 2.05. The van der Waals surface area contributed by atoms with Crippen LogP contribution in [0.3, 0.4) is 0 Å². The molecule has 1 heterocycles. The molecule has 0 aliphatic carbocycles. The fraction of sp³-hybridized carbons (Fsp3) is 0.154. The number of rotatable bonds is 3. The summed E-state index contributed by atoms with van der Waals surface area (Å²) in [7, 11) is 0. The molecule has 0 unspecified atom stereocenters. The lowest BCUT2D eigenvalue weighted by Crippen LogP contribution is -1.86. The first-order valence-corrected chi connectivity index (χ1v) is 6.42. The van der Waals surface area contributed by atoms with Crippen LogP contribution in [0.25, 0.3) is 0 Å². The lowest BCUT2D eigenvalue weighted by molar-refractivity contribution is 1.13. The van der Waals surface area contributed by atoms with Gasteiger partial charge in [0.05, 0.1) is 5.03 Å². The first kappa shape index (κ1) is 11.5. The minimum absolute atomic E-state index is 0.551. The predicted octanol–water partition coefficient (Wildman–Crippen LogP) is 4.34. The van der Waals surface area contributed by atoms with Gasteiger partial charge in [-0.15, -0.1) is 11.8 Å². The van der Waals surface area contributed by atoms with Crippen LogP contribution in [-0.4, -0.2) is 4.98 Å². The van der Waals surface area contributed by atoms with Gasteiger partial charge in [0, 0.05) is 5.75 Å². The number of nitrogens with zero attached hydrogens (tertiary/aromatic N) is 1. The summed E-state index contributed by atoms with van der Waals surface area (Å²) in [6, 6.07) is 14.1. The Bertz CT molecular complexity index is 485. The average molecular weight is 250 g/mol. The first-order valence-electron chi connectivity index (χ1n) is 5.05. The van der Waals surface area contributed by atoms with Crippen LogP contribution in [0.1, 0.15) is 11.1 Å². The molecule has 1 nitrogen and oxygen atoms in total. The van der Waals surface area contributed by atoms with E-state index in [-0.39, 0.29) is 0 Å². The third-order valence-corrected chi connectivity index (χ3v) is 3.52. The molecular formula is C13H12ClNS. The van der Waals surface area contributed by atoms with Crippen LogP contribution in [-0.2, 0) is 5.75 Å². The molecule has 0 atom stereocenters. The predicted molar refractivity (Wildman–Crippen MR) is 70.0 cm³/mol. The van der Waals surface area contributed by atoms with Crippen LogP contribution in [0.15, 0.2) is 47.5 Å². The molecule has 0 aliphatic rings. The second-order valence-electron chi connectivity index (χ2n) is 3.51. The lowest BCUT2D eigenvalue weighted by atomic mass is 10.1. The lowest BCUT2D eigenvalue weighted by Gasteiger charge is -2.04. The van der Waals surface area contributed by atoms with Crippen molar-refractivity contribution in [2.75, 3.05) is 0 Å². The normalized spacial score (nSPS) is 10.4. The van der Waals surface area contributed by atoms with Crippen LogP contribution in [0.2, 0.25) is 5.15 Å². The topological polar surface area (TPSA) is 12.9 Å². The zero-order valence-electron chi connectivity index (χ0n) is 8.98. The zero-order valence-corrected chi connectivity index (χ0v) is 10.6. The van der Waals surface area contributed by atoms with Crippen LogP contribution in [0.5, 0.6) is 0 Å². The largest absolute Gasteiger partial charge is 0.230 e. The maximum atomic E-state index is 5.83. The van der Waals surface area contributed by atoms with E-state index >= 15 is 0 Å². The van der Waals surface area contributed by atoms with Crippen molar-refractivity contribution in [1.29, 1.82) is 0 Å². The van der Waals surface area contributed by atoms with Crippen molar-refractivity contribution < 1.29 is 0 Å². The molecule has 2 rings (SSSR count). The molecule has 82 valence electrons. The summed E-state index contributed by atoms with van der Waals surface area (Å²) in [6.45, 7) is 2.13. The van der Waals surface area contributed by atoms with E-state index in [2.05, 4.69) is 36.2 Å². The number of benzene rings is 1. The van der Waals surface area contributed by atoms with Crippen molar-refractivity contribution in [3.63, 3.8) is 0 Å². The molecule has 0 N–H and O–H groups in total. The summed E-state index contributed by atoms with van der Waals surface area (Å²) in [4.78, 5) is 4.25. The van der Waals surface area contributed by atoms with E-state index in [1.807, 2.05) is 12.1 Å². The van der Waals surface area contributed by atoms with Gasteiger partial charge in [-0.05, 0) is 30.2 Å².